The molecule has 0 aliphatic heterocycles. The first-order valence-corrected chi connectivity index (χ1v) is 6.68. The van der Waals surface area contributed by atoms with Crippen molar-refractivity contribution in [2.45, 2.75) is 32.6 Å². The van der Waals surface area contributed by atoms with Crippen LogP contribution in [0.1, 0.15) is 32.6 Å². The molecule has 2 heterocycles. The maximum Gasteiger partial charge on any atom is 0.226 e. The first-order chi connectivity index (χ1) is 8.72. The number of rotatable bonds is 6. The average Bonchev–Trinajstić information content (AvgIpc) is 2.70. The van der Waals surface area contributed by atoms with Crippen molar-refractivity contribution in [2.75, 3.05) is 11.9 Å². The summed E-state index contributed by atoms with van der Waals surface area (Å²) in [6, 6.07) is 0. The summed E-state index contributed by atoms with van der Waals surface area (Å²) >= 11 is 5.88. The molecule has 18 heavy (non-hydrogen) atoms. The Labute approximate surface area is 112 Å². The number of unbranched alkanes of at least 4 members (excludes halogenated alkanes) is 3. The maximum absolute atomic E-state index is 5.88. The smallest absolute Gasteiger partial charge is 0.226 e. The number of nitrogens with one attached hydrogen (secondary N) is 1. The molecule has 2 rings (SSSR count). The van der Waals surface area contributed by atoms with Crippen LogP contribution in [0.2, 0.25) is 5.28 Å². The topological polar surface area (TPSA) is 55.6 Å². The number of aromatic nitrogens is 4. The Bertz CT molecular complexity index is 522. The van der Waals surface area contributed by atoms with Gasteiger partial charge in [0.15, 0.2) is 11.5 Å². The summed E-state index contributed by atoms with van der Waals surface area (Å²) in [5.74, 6) is 0.765. The summed E-state index contributed by atoms with van der Waals surface area (Å²) in [5, 5.41) is 3.55. The molecule has 98 valence electrons. The standard InChI is InChI=1S/C12H18ClN5/c1-3-4-5-6-7-14-10-9-11(15-8-18(9)2)17-12(13)16-10/h8H,3-7H2,1-2H3,(H,14,16,17). The lowest BCUT2D eigenvalue weighted by Gasteiger charge is -2.07. The summed E-state index contributed by atoms with van der Waals surface area (Å²) in [7, 11) is 1.93. The molecule has 0 aromatic carbocycles. The molecule has 0 fully saturated rings. The second-order valence-corrected chi connectivity index (χ2v) is 4.69. The van der Waals surface area contributed by atoms with Crippen LogP contribution in [0.3, 0.4) is 0 Å². The number of nitrogens with zero attached hydrogens (tertiary/aromatic N) is 4. The molecule has 5 nitrogen and oxygen atoms in total. The first-order valence-electron chi connectivity index (χ1n) is 6.30. The fraction of sp³-hybridized carbons (Fsp3) is 0.583. The van der Waals surface area contributed by atoms with E-state index in [2.05, 4.69) is 27.2 Å². The van der Waals surface area contributed by atoms with E-state index in [0.717, 1.165) is 24.3 Å². The molecule has 6 heteroatoms. The quantitative estimate of drug-likeness (QED) is 0.646. The zero-order valence-corrected chi connectivity index (χ0v) is 11.5. The molecule has 1 N–H and O–H groups in total. The molecule has 2 aromatic rings. The third kappa shape index (κ3) is 2.90. The number of hydrogen-bond acceptors (Lipinski definition) is 4. The maximum atomic E-state index is 5.88. The number of anilines is 1. The van der Waals surface area contributed by atoms with Gasteiger partial charge in [0.05, 0.1) is 6.33 Å². The molecule has 0 atom stereocenters. The summed E-state index contributed by atoms with van der Waals surface area (Å²) in [6.07, 6.45) is 6.60. The van der Waals surface area contributed by atoms with Gasteiger partial charge in [-0.1, -0.05) is 26.2 Å². The SMILES string of the molecule is CCCCCCNc1nc(Cl)nc2ncn(C)c12. The van der Waals surface area contributed by atoms with E-state index in [-0.39, 0.29) is 5.28 Å². The van der Waals surface area contributed by atoms with Gasteiger partial charge in [-0.3, -0.25) is 0 Å². The zero-order chi connectivity index (χ0) is 13.0. The van der Waals surface area contributed by atoms with E-state index in [1.165, 1.54) is 19.3 Å². The molecular weight excluding hydrogens is 250 g/mol. The summed E-state index contributed by atoms with van der Waals surface area (Å²) < 4.78 is 1.90. The highest BCUT2D eigenvalue weighted by Crippen LogP contribution is 2.20. The van der Waals surface area contributed by atoms with Crippen LogP contribution in [0.25, 0.3) is 11.2 Å². The van der Waals surface area contributed by atoms with Gasteiger partial charge in [-0.15, -0.1) is 0 Å². The van der Waals surface area contributed by atoms with E-state index in [1.807, 2.05) is 11.6 Å². The lowest BCUT2D eigenvalue weighted by molar-refractivity contribution is 0.684. The van der Waals surface area contributed by atoms with Gasteiger partial charge in [0.25, 0.3) is 0 Å². The van der Waals surface area contributed by atoms with Gasteiger partial charge < -0.3 is 9.88 Å². The monoisotopic (exact) mass is 267 g/mol. The van der Waals surface area contributed by atoms with Gasteiger partial charge in [0.2, 0.25) is 5.28 Å². The second kappa shape index (κ2) is 6.00. The average molecular weight is 268 g/mol. The van der Waals surface area contributed by atoms with E-state index >= 15 is 0 Å². The molecule has 0 spiro atoms. The van der Waals surface area contributed by atoms with Crippen molar-refractivity contribution >= 4 is 28.6 Å². The number of fused-ring (bicyclic) bond motifs is 1. The van der Waals surface area contributed by atoms with Crippen LogP contribution in [0, 0.1) is 0 Å². The van der Waals surface area contributed by atoms with Crippen molar-refractivity contribution in [2.24, 2.45) is 7.05 Å². The van der Waals surface area contributed by atoms with Crippen LogP contribution in [-0.4, -0.2) is 26.1 Å². The highest BCUT2D eigenvalue weighted by Gasteiger charge is 2.10. The molecule has 0 aliphatic carbocycles. The van der Waals surface area contributed by atoms with E-state index in [9.17, 15) is 0 Å². The minimum atomic E-state index is 0.234. The number of aryl methyl sites for hydroxylation is 1. The third-order valence-corrected chi connectivity index (χ3v) is 3.04. The van der Waals surface area contributed by atoms with E-state index in [1.54, 1.807) is 6.33 Å². The Morgan fingerprint density at radius 2 is 2.11 bits per heavy atom. The van der Waals surface area contributed by atoms with Crippen molar-refractivity contribution in [3.8, 4) is 0 Å². The fourth-order valence-electron chi connectivity index (χ4n) is 1.91. The molecule has 2 aromatic heterocycles. The molecule has 0 saturated carbocycles. The normalized spacial score (nSPS) is 11.1. The summed E-state index contributed by atoms with van der Waals surface area (Å²) in [6.45, 7) is 3.10. The molecule has 0 aliphatic rings. The number of hydrogen-bond donors (Lipinski definition) is 1. The Hall–Kier alpha value is -1.36. The van der Waals surface area contributed by atoms with Crippen molar-refractivity contribution in [1.29, 1.82) is 0 Å². The third-order valence-electron chi connectivity index (χ3n) is 2.87. The largest absolute Gasteiger partial charge is 0.368 e. The van der Waals surface area contributed by atoms with Crippen LogP contribution < -0.4 is 5.32 Å². The van der Waals surface area contributed by atoms with Gasteiger partial charge in [0, 0.05) is 13.6 Å². The highest BCUT2D eigenvalue weighted by molar-refractivity contribution is 6.28. The van der Waals surface area contributed by atoms with Crippen molar-refractivity contribution in [3.63, 3.8) is 0 Å². The molecule has 0 radical (unpaired) electrons. The van der Waals surface area contributed by atoms with Gasteiger partial charge in [-0.05, 0) is 18.0 Å². The van der Waals surface area contributed by atoms with Crippen LogP contribution in [0.5, 0.6) is 0 Å². The van der Waals surface area contributed by atoms with Crippen LogP contribution >= 0.6 is 11.6 Å². The number of imidazole rings is 1. The lowest BCUT2D eigenvalue weighted by atomic mass is 10.2. The molecule has 0 amide bonds. The Kier molecular flexibility index (Phi) is 4.36. The van der Waals surface area contributed by atoms with Crippen LogP contribution in [-0.2, 0) is 7.05 Å². The Morgan fingerprint density at radius 3 is 2.89 bits per heavy atom. The van der Waals surface area contributed by atoms with E-state index < -0.39 is 0 Å². The predicted octanol–water partition coefficient (Wildman–Crippen LogP) is 3.01. The lowest BCUT2D eigenvalue weighted by Crippen LogP contribution is -2.06. The second-order valence-electron chi connectivity index (χ2n) is 4.36. The molecular formula is C12H18ClN5. The van der Waals surface area contributed by atoms with Gasteiger partial charge in [0.1, 0.15) is 5.52 Å². The summed E-state index contributed by atoms with van der Waals surface area (Å²) in [4.78, 5) is 12.5. The number of halogens is 1. The minimum Gasteiger partial charge on any atom is -0.368 e. The van der Waals surface area contributed by atoms with Gasteiger partial charge in [-0.2, -0.15) is 9.97 Å². The van der Waals surface area contributed by atoms with Crippen molar-refractivity contribution in [3.05, 3.63) is 11.6 Å². The van der Waals surface area contributed by atoms with Gasteiger partial charge >= 0.3 is 0 Å². The van der Waals surface area contributed by atoms with E-state index in [0.29, 0.717) is 5.65 Å². The van der Waals surface area contributed by atoms with Gasteiger partial charge in [-0.25, -0.2) is 4.98 Å². The zero-order valence-electron chi connectivity index (χ0n) is 10.8. The molecule has 0 bridgehead atoms. The molecule has 0 unspecified atom stereocenters. The van der Waals surface area contributed by atoms with Crippen LogP contribution in [0.15, 0.2) is 6.33 Å². The Balaban J connectivity index is 2.09. The summed E-state index contributed by atoms with van der Waals surface area (Å²) in [5.41, 5.74) is 1.53. The predicted molar refractivity (Wildman–Crippen MR) is 73.9 cm³/mol. The van der Waals surface area contributed by atoms with E-state index in [4.69, 9.17) is 11.6 Å². The molecule has 0 saturated heterocycles. The van der Waals surface area contributed by atoms with Crippen molar-refractivity contribution < 1.29 is 0 Å². The van der Waals surface area contributed by atoms with Crippen LogP contribution in [0.4, 0.5) is 5.82 Å². The minimum absolute atomic E-state index is 0.234. The van der Waals surface area contributed by atoms with Crippen molar-refractivity contribution in [1.82, 2.24) is 19.5 Å². The fourth-order valence-corrected chi connectivity index (χ4v) is 2.08. The Morgan fingerprint density at radius 1 is 1.28 bits per heavy atom. The first kappa shape index (κ1) is 13.1. The highest BCUT2D eigenvalue weighted by atomic mass is 35.5.